The number of unbranched alkanes of at least 4 members (excludes halogenated alkanes) is 1. The molecule has 0 aliphatic heterocycles. The minimum absolute atomic E-state index is 0.00591. The number of carbonyl (C=O) groups excluding carboxylic acids is 1. The Morgan fingerprint density at radius 1 is 1.44 bits per heavy atom. The molecular formula is C11H23N3O2. The van der Waals surface area contributed by atoms with Crippen LogP contribution in [-0.2, 0) is 9.53 Å². The molecule has 0 rings (SSSR count). The first-order valence-electron chi connectivity index (χ1n) is 5.62. The van der Waals surface area contributed by atoms with Crippen LogP contribution in [0.1, 0.15) is 26.2 Å². The van der Waals surface area contributed by atoms with E-state index in [-0.39, 0.29) is 11.9 Å². The Labute approximate surface area is 97.7 Å². The SMILES string of the molecule is CN=C(NC)NCCCCC(C)C(=O)OC. The summed E-state index contributed by atoms with van der Waals surface area (Å²) in [7, 11) is 4.99. The van der Waals surface area contributed by atoms with Crippen molar-refractivity contribution in [3.63, 3.8) is 0 Å². The summed E-state index contributed by atoms with van der Waals surface area (Å²) < 4.78 is 4.66. The summed E-state index contributed by atoms with van der Waals surface area (Å²) in [5.41, 5.74) is 0. The van der Waals surface area contributed by atoms with Gasteiger partial charge < -0.3 is 15.4 Å². The molecule has 0 aliphatic carbocycles. The maximum absolute atomic E-state index is 11.1. The quantitative estimate of drug-likeness (QED) is 0.305. The number of nitrogens with one attached hydrogen (secondary N) is 2. The van der Waals surface area contributed by atoms with Gasteiger partial charge in [0.05, 0.1) is 13.0 Å². The summed E-state index contributed by atoms with van der Waals surface area (Å²) in [4.78, 5) is 15.1. The molecule has 0 saturated heterocycles. The van der Waals surface area contributed by atoms with Crippen molar-refractivity contribution in [2.24, 2.45) is 10.9 Å². The highest BCUT2D eigenvalue weighted by Crippen LogP contribution is 2.08. The molecule has 0 radical (unpaired) electrons. The van der Waals surface area contributed by atoms with Gasteiger partial charge in [-0.3, -0.25) is 9.79 Å². The summed E-state index contributed by atoms with van der Waals surface area (Å²) in [6.45, 7) is 2.76. The zero-order valence-electron chi connectivity index (χ0n) is 10.7. The van der Waals surface area contributed by atoms with Gasteiger partial charge in [0.1, 0.15) is 0 Å². The average molecular weight is 229 g/mol. The van der Waals surface area contributed by atoms with E-state index < -0.39 is 0 Å². The number of hydrogen-bond donors (Lipinski definition) is 2. The highest BCUT2D eigenvalue weighted by atomic mass is 16.5. The van der Waals surface area contributed by atoms with E-state index in [0.717, 1.165) is 31.8 Å². The van der Waals surface area contributed by atoms with E-state index in [1.54, 1.807) is 7.05 Å². The monoisotopic (exact) mass is 229 g/mol. The zero-order valence-corrected chi connectivity index (χ0v) is 10.7. The normalized spacial score (nSPS) is 13.1. The Bertz CT molecular complexity index is 229. The van der Waals surface area contributed by atoms with E-state index in [2.05, 4.69) is 20.4 Å². The molecule has 0 heterocycles. The highest BCUT2D eigenvalue weighted by Gasteiger charge is 2.11. The van der Waals surface area contributed by atoms with E-state index in [1.807, 2.05) is 14.0 Å². The summed E-state index contributed by atoms with van der Waals surface area (Å²) in [6, 6.07) is 0. The lowest BCUT2D eigenvalue weighted by molar-refractivity contribution is -0.145. The van der Waals surface area contributed by atoms with E-state index >= 15 is 0 Å². The van der Waals surface area contributed by atoms with Crippen LogP contribution >= 0.6 is 0 Å². The molecule has 5 heteroatoms. The Morgan fingerprint density at radius 2 is 2.12 bits per heavy atom. The third kappa shape index (κ3) is 6.27. The average Bonchev–Trinajstić information content (AvgIpc) is 2.32. The third-order valence-electron chi connectivity index (χ3n) is 2.42. The van der Waals surface area contributed by atoms with Gasteiger partial charge in [0.25, 0.3) is 0 Å². The van der Waals surface area contributed by atoms with Gasteiger partial charge in [-0.2, -0.15) is 0 Å². The number of nitrogens with zero attached hydrogens (tertiary/aromatic N) is 1. The largest absolute Gasteiger partial charge is 0.469 e. The van der Waals surface area contributed by atoms with Crippen LogP contribution in [0.2, 0.25) is 0 Å². The molecule has 0 saturated carbocycles. The molecule has 0 amide bonds. The topological polar surface area (TPSA) is 62.7 Å². The van der Waals surface area contributed by atoms with Crippen molar-refractivity contribution in [1.82, 2.24) is 10.6 Å². The lowest BCUT2D eigenvalue weighted by Crippen LogP contribution is -2.35. The molecule has 0 aromatic carbocycles. The molecule has 94 valence electrons. The smallest absolute Gasteiger partial charge is 0.308 e. The van der Waals surface area contributed by atoms with Gasteiger partial charge in [0.2, 0.25) is 0 Å². The Balaban J connectivity index is 3.50. The van der Waals surface area contributed by atoms with Crippen LogP contribution in [0, 0.1) is 5.92 Å². The fourth-order valence-corrected chi connectivity index (χ4v) is 1.38. The second-order valence-corrected chi connectivity index (χ2v) is 3.67. The van der Waals surface area contributed by atoms with Crippen LogP contribution in [0.5, 0.6) is 0 Å². The van der Waals surface area contributed by atoms with Gasteiger partial charge in [0.15, 0.2) is 5.96 Å². The van der Waals surface area contributed by atoms with Crippen LogP contribution in [0.15, 0.2) is 4.99 Å². The molecule has 1 unspecified atom stereocenters. The molecule has 0 aromatic heterocycles. The number of guanidine groups is 1. The fourth-order valence-electron chi connectivity index (χ4n) is 1.38. The van der Waals surface area contributed by atoms with E-state index in [0.29, 0.717) is 0 Å². The fraction of sp³-hybridized carbons (Fsp3) is 0.818. The van der Waals surface area contributed by atoms with Crippen molar-refractivity contribution >= 4 is 11.9 Å². The molecule has 0 spiro atoms. The number of aliphatic imine (C=N–C) groups is 1. The van der Waals surface area contributed by atoms with Gasteiger partial charge in [-0.05, 0) is 12.8 Å². The zero-order chi connectivity index (χ0) is 12.4. The Kier molecular flexibility index (Phi) is 8.29. The predicted octanol–water partition coefficient (Wildman–Crippen LogP) is 0.761. The lowest BCUT2D eigenvalue weighted by Gasteiger charge is -2.10. The van der Waals surface area contributed by atoms with Crippen LogP contribution in [-0.4, -0.2) is 39.7 Å². The van der Waals surface area contributed by atoms with Crippen molar-refractivity contribution in [3.05, 3.63) is 0 Å². The van der Waals surface area contributed by atoms with Crippen molar-refractivity contribution in [2.45, 2.75) is 26.2 Å². The summed E-state index contributed by atoms with van der Waals surface area (Å²) in [6.07, 6.45) is 2.89. The summed E-state index contributed by atoms with van der Waals surface area (Å²) in [5.74, 6) is 0.661. The maximum Gasteiger partial charge on any atom is 0.308 e. The molecular weight excluding hydrogens is 206 g/mol. The Hall–Kier alpha value is -1.26. The second-order valence-electron chi connectivity index (χ2n) is 3.67. The van der Waals surface area contributed by atoms with E-state index in [4.69, 9.17) is 0 Å². The number of carbonyl (C=O) groups is 1. The van der Waals surface area contributed by atoms with Crippen LogP contribution in [0.25, 0.3) is 0 Å². The first kappa shape index (κ1) is 14.7. The molecule has 16 heavy (non-hydrogen) atoms. The minimum atomic E-state index is -0.126. The first-order valence-corrected chi connectivity index (χ1v) is 5.62. The first-order chi connectivity index (χ1) is 7.65. The van der Waals surface area contributed by atoms with Gasteiger partial charge in [-0.1, -0.05) is 13.3 Å². The van der Waals surface area contributed by atoms with Crippen LogP contribution in [0.3, 0.4) is 0 Å². The van der Waals surface area contributed by atoms with Crippen molar-refractivity contribution < 1.29 is 9.53 Å². The van der Waals surface area contributed by atoms with Gasteiger partial charge in [0, 0.05) is 20.6 Å². The van der Waals surface area contributed by atoms with Crippen LogP contribution in [0.4, 0.5) is 0 Å². The Morgan fingerprint density at radius 3 is 2.62 bits per heavy atom. The standard InChI is InChI=1S/C11H23N3O2/c1-9(10(15)16-4)7-5-6-8-14-11(12-2)13-3/h9H,5-8H2,1-4H3,(H2,12,13,14). The number of esters is 1. The minimum Gasteiger partial charge on any atom is -0.469 e. The number of ether oxygens (including phenoxy) is 1. The molecule has 0 aliphatic rings. The van der Waals surface area contributed by atoms with E-state index in [9.17, 15) is 4.79 Å². The van der Waals surface area contributed by atoms with Gasteiger partial charge in [-0.25, -0.2) is 0 Å². The maximum atomic E-state index is 11.1. The number of hydrogen-bond acceptors (Lipinski definition) is 3. The number of rotatable bonds is 6. The van der Waals surface area contributed by atoms with E-state index in [1.165, 1.54) is 7.11 Å². The molecule has 5 nitrogen and oxygen atoms in total. The molecule has 2 N–H and O–H groups in total. The lowest BCUT2D eigenvalue weighted by atomic mass is 10.0. The van der Waals surface area contributed by atoms with Crippen molar-refractivity contribution in [3.8, 4) is 0 Å². The summed E-state index contributed by atoms with van der Waals surface area (Å²) in [5, 5.41) is 6.10. The molecule has 0 fully saturated rings. The highest BCUT2D eigenvalue weighted by molar-refractivity contribution is 5.79. The van der Waals surface area contributed by atoms with Gasteiger partial charge in [-0.15, -0.1) is 0 Å². The molecule has 0 aromatic rings. The number of methoxy groups -OCH3 is 1. The second kappa shape index (κ2) is 9.00. The molecule has 0 bridgehead atoms. The van der Waals surface area contributed by atoms with Gasteiger partial charge >= 0.3 is 5.97 Å². The summed E-state index contributed by atoms with van der Waals surface area (Å²) >= 11 is 0. The predicted molar refractivity (Wildman–Crippen MR) is 65.5 cm³/mol. The third-order valence-corrected chi connectivity index (χ3v) is 2.42. The van der Waals surface area contributed by atoms with Crippen LogP contribution < -0.4 is 10.6 Å². The van der Waals surface area contributed by atoms with Crippen molar-refractivity contribution in [2.75, 3.05) is 27.7 Å². The van der Waals surface area contributed by atoms with Crippen molar-refractivity contribution in [1.29, 1.82) is 0 Å². The molecule has 1 atom stereocenters.